The predicted octanol–water partition coefficient (Wildman–Crippen LogP) is 2.22. The van der Waals surface area contributed by atoms with E-state index in [2.05, 4.69) is 5.32 Å². The number of carbonyl (C=O) groups excluding carboxylic acids is 1. The topological polar surface area (TPSA) is 72.5 Å². The first kappa shape index (κ1) is 16.3. The number of hydrogen-bond acceptors (Lipinski definition) is 4. The molecule has 116 valence electrons. The zero-order valence-corrected chi connectivity index (χ0v) is 13.5. The number of aryl methyl sites for hydroxylation is 1. The number of amides is 1. The van der Waals surface area contributed by atoms with Crippen molar-refractivity contribution in [1.82, 2.24) is 5.32 Å². The third-order valence-corrected chi connectivity index (χ3v) is 5.25. The molecule has 0 aliphatic heterocycles. The van der Waals surface area contributed by atoms with Gasteiger partial charge in [0.05, 0.1) is 17.0 Å². The Morgan fingerprint density at radius 3 is 2.71 bits per heavy atom. The number of rotatable bonds is 4. The van der Waals surface area contributed by atoms with E-state index in [1.807, 2.05) is 0 Å². The second-order valence-electron chi connectivity index (χ2n) is 5.20. The highest BCUT2D eigenvalue weighted by atomic mass is 35.7. The van der Waals surface area contributed by atoms with Crippen molar-refractivity contribution in [2.75, 3.05) is 7.11 Å². The van der Waals surface area contributed by atoms with Crippen molar-refractivity contribution >= 4 is 25.6 Å². The highest BCUT2D eigenvalue weighted by Gasteiger charge is 2.29. The van der Waals surface area contributed by atoms with Crippen molar-refractivity contribution in [3.63, 3.8) is 0 Å². The minimum atomic E-state index is -3.86. The van der Waals surface area contributed by atoms with Gasteiger partial charge in [-0.1, -0.05) is 6.07 Å². The summed E-state index contributed by atoms with van der Waals surface area (Å²) in [5, 5.41) is 2.89. The Balaban J connectivity index is 2.20. The quantitative estimate of drug-likeness (QED) is 0.859. The molecule has 1 N–H and O–H groups in total. The van der Waals surface area contributed by atoms with Gasteiger partial charge < -0.3 is 10.1 Å². The van der Waals surface area contributed by atoms with Crippen molar-refractivity contribution in [1.29, 1.82) is 0 Å². The number of hydrogen-bond donors (Lipinski definition) is 1. The van der Waals surface area contributed by atoms with Crippen molar-refractivity contribution in [3.05, 3.63) is 29.3 Å². The molecule has 2 atom stereocenters. The second-order valence-corrected chi connectivity index (χ2v) is 7.74. The number of nitrogens with one attached hydrogen (secondary N) is 1. The summed E-state index contributed by atoms with van der Waals surface area (Å²) < 4.78 is 28.3. The van der Waals surface area contributed by atoms with Crippen LogP contribution in [0.15, 0.2) is 23.1 Å². The molecule has 0 radical (unpaired) electrons. The number of benzene rings is 1. The molecule has 0 spiro atoms. The van der Waals surface area contributed by atoms with E-state index in [1.165, 1.54) is 6.07 Å². The van der Waals surface area contributed by atoms with Crippen LogP contribution in [0.25, 0.3) is 0 Å². The Kier molecular flexibility index (Phi) is 4.91. The van der Waals surface area contributed by atoms with Gasteiger partial charge in [0, 0.05) is 23.4 Å². The third-order valence-electron chi connectivity index (χ3n) is 3.78. The standard InChI is InChI=1S/C14H18ClNO4S/c1-9-6-7-10(8-13(9)21(15,18)19)14(17)16-11-4-3-5-12(11)20-2/h6-8,11-12H,3-5H2,1-2H3,(H,16,17). The molecule has 0 bridgehead atoms. The molecule has 1 aliphatic carbocycles. The lowest BCUT2D eigenvalue weighted by Crippen LogP contribution is -2.40. The van der Waals surface area contributed by atoms with Gasteiger partial charge in [0.15, 0.2) is 0 Å². The number of ether oxygens (including phenoxy) is 1. The molecule has 0 saturated heterocycles. The largest absolute Gasteiger partial charge is 0.379 e. The molecule has 7 heteroatoms. The normalized spacial score (nSPS) is 22.2. The summed E-state index contributed by atoms with van der Waals surface area (Å²) in [5.41, 5.74) is 0.791. The molecular formula is C14H18ClNO4S. The van der Waals surface area contributed by atoms with Crippen LogP contribution in [-0.2, 0) is 13.8 Å². The average molecular weight is 332 g/mol. The first-order chi connectivity index (χ1) is 9.82. The van der Waals surface area contributed by atoms with Gasteiger partial charge >= 0.3 is 0 Å². The van der Waals surface area contributed by atoms with Crippen molar-refractivity contribution < 1.29 is 17.9 Å². The van der Waals surface area contributed by atoms with E-state index >= 15 is 0 Å². The van der Waals surface area contributed by atoms with E-state index in [0.717, 1.165) is 19.3 Å². The Bertz CT molecular complexity index is 644. The number of halogens is 1. The number of carbonyl (C=O) groups is 1. The van der Waals surface area contributed by atoms with Crippen LogP contribution in [0.5, 0.6) is 0 Å². The van der Waals surface area contributed by atoms with Crippen molar-refractivity contribution in [2.24, 2.45) is 0 Å². The maximum atomic E-state index is 12.2. The van der Waals surface area contributed by atoms with Crippen LogP contribution < -0.4 is 5.32 Å². The van der Waals surface area contributed by atoms with Crippen LogP contribution in [0.4, 0.5) is 0 Å². The summed E-state index contributed by atoms with van der Waals surface area (Å²) in [7, 11) is 3.14. The van der Waals surface area contributed by atoms with E-state index in [1.54, 1.807) is 26.2 Å². The lowest BCUT2D eigenvalue weighted by molar-refractivity contribution is 0.0722. The van der Waals surface area contributed by atoms with Crippen LogP contribution in [0.3, 0.4) is 0 Å². The van der Waals surface area contributed by atoms with Gasteiger partial charge in [0.2, 0.25) is 0 Å². The van der Waals surface area contributed by atoms with Crippen molar-refractivity contribution in [2.45, 2.75) is 43.2 Å². The second kappa shape index (κ2) is 6.34. The van der Waals surface area contributed by atoms with Gasteiger partial charge in [-0.2, -0.15) is 0 Å². The third kappa shape index (κ3) is 3.75. The molecule has 1 aromatic rings. The SMILES string of the molecule is COC1CCCC1NC(=O)c1ccc(C)c(S(=O)(=O)Cl)c1. The molecule has 1 aliphatic rings. The Morgan fingerprint density at radius 1 is 1.38 bits per heavy atom. The highest BCUT2D eigenvalue weighted by Crippen LogP contribution is 2.23. The zero-order valence-electron chi connectivity index (χ0n) is 11.9. The van der Waals surface area contributed by atoms with E-state index in [4.69, 9.17) is 15.4 Å². The fourth-order valence-electron chi connectivity index (χ4n) is 2.63. The smallest absolute Gasteiger partial charge is 0.261 e. The predicted molar refractivity (Wildman–Crippen MR) is 80.1 cm³/mol. The zero-order chi connectivity index (χ0) is 15.6. The molecule has 21 heavy (non-hydrogen) atoms. The fourth-order valence-corrected chi connectivity index (χ4v) is 3.85. The minimum absolute atomic E-state index is 0.00984. The summed E-state index contributed by atoms with van der Waals surface area (Å²) in [5.74, 6) is -0.314. The van der Waals surface area contributed by atoms with Gasteiger partial charge in [-0.15, -0.1) is 0 Å². The van der Waals surface area contributed by atoms with Crippen molar-refractivity contribution in [3.8, 4) is 0 Å². The maximum absolute atomic E-state index is 12.2. The summed E-state index contributed by atoms with van der Waals surface area (Å²) in [6.45, 7) is 1.63. The molecule has 5 nitrogen and oxygen atoms in total. The highest BCUT2D eigenvalue weighted by molar-refractivity contribution is 8.13. The van der Waals surface area contributed by atoms with E-state index in [0.29, 0.717) is 5.56 Å². The van der Waals surface area contributed by atoms with E-state index in [9.17, 15) is 13.2 Å². The fraction of sp³-hybridized carbons (Fsp3) is 0.500. The maximum Gasteiger partial charge on any atom is 0.261 e. The summed E-state index contributed by atoms with van der Waals surface area (Å²) in [6, 6.07) is 4.43. The van der Waals surface area contributed by atoms with Gasteiger partial charge in [-0.25, -0.2) is 8.42 Å². The van der Waals surface area contributed by atoms with Gasteiger partial charge in [0.1, 0.15) is 0 Å². The van der Waals surface area contributed by atoms with Gasteiger partial charge in [0.25, 0.3) is 15.0 Å². The molecular weight excluding hydrogens is 314 g/mol. The van der Waals surface area contributed by atoms with Crippen LogP contribution in [0, 0.1) is 6.92 Å². The number of methoxy groups -OCH3 is 1. The Morgan fingerprint density at radius 2 is 2.10 bits per heavy atom. The molecule has 1 saturated carbocycles. The van der Waals surface area contributed by atoms with Gasteiger partial charge in [-0.05, 0) is 43.9 Å². The average Bonchev–Trinajstić information content (AvgIpc) is 2.85. The lowest BCUT2D eigenvalue weighted by atomic mass is 10.1. The molecule has 0 heterocycles. The molecule has 0 aromatic heterocycles. The van der Waals surface area contributed by atoms with Crippen LogP contribution in [0.1, 0.15) is 35.2 Å². The van der Waals surface area contributed by atoms with E-state index < -0.39 is 9.05 Å². The lowest BCUT2D eigenvalue weighted by Gasteiger charge is -2.19. The van der Waals surface area contributed by atoms with Gasteiger partial charge in [-0.3, -0.25) is 4.79 Å². The molecule has 1 amide bonds. The minimum Gasteiger partial charge on any atom is -0.379 e. The van der Waals surface area contributed by atoms with Crippen LogP contribution >= 0.6 is 10.7 Å². The van der Waals surface area contributed by atoms with Crippen LogP contribution in [0.2, 0.25) is 0 Å². The summed E-state index contributed by atoms with van der Waals surface area (Å²) in [6.07, 6.45) is 2.78. The summed E-state index contributed by atoms with van der Waals surface area (Å²) in [4.78, 5) is 12.2. The monoisotopic (exact) mass is 331 g/mol. The molecule has 2 unspecified atom stereocenters. The molecule has 1 aromatic carbocycles. The summed E-state index contributed by atoms with van der Waals surface area (Å²) >= 11 is 0. The first-order valence-electron chi connectivity index (χ1n) is 6.72. The first-order valence-corrected chi connectivity index (χ1v) is 9.03. The van der Waals surface area contributed by atoms with Crippen LogP contribution in [-0.4, -0.2) is 33.6 Å². The Labute approximate surface area is 129 Å². The molecule has 1 fully saturated rings. The molecule has 2 rings (SSSR count). The Hall–Kier alpha value is -1.11. The van der Waals surface area contributed by atoms with E-state index in [-0.39, 0.29) is 28.5 Å².